The van der Waals surface area contributed by atoms with Crippen molar-refractivity contribution in [2.24, 2.45) is 0 Å². The minimum atomic E-state index is 0.446. The van der Waals surface area contributed by atoms with Crippen LogP contribution in [0, 0.1) is 6.92 Å². The quantitative estimate of drug-likeness (QED) is 0.391. The number of benzene rings is 1. The first-order valence-electron chi connectivity index (χ1n) is 5.05. The molecule has 2 rings (SSSR count). The second kappa shape index (κ2) is 4.94. The van der Waals surface area contributed by atoms with Crippen molar-refractivity contribution in [1.29, 1.82) is 0 Å². The summed E-state index contributed by atoms with van der Waals surface area (Å²) in [4.78, 5) is 8.55. The van der Waals surface area contributed by atoms with Crippen LogP contribution >= 0.6 is 23.4 Å². The second-order valence-electron chi connectivity index (χ2n) is 3.64. The third-order valence-electron chi connectivity index (χ3n) is 2.39. The average Bonchev–Trinajstić information content (AvgIpc) is 2.31. The lowest BCUT2D eigenvalue weighted by Crippen LogP contribution is -1.94. The van der Waals surface area contributed by atoms with Gasteiger partial charge >= 0.3 is 0 Å². The van der Waals surface area contributed by atoms with E-state index in [1.165, 1.54) is 11.8 Å². The molecule has 1 aromatic heterocycles. The molecule has 88 valence electrons. The van der Waals surface area contributed by atoms with Crippen LogP contribution in [0.15, 0.2) is 29.4 Å². The van der Waals surface area contributed by atoms with Crippen LogP contribution in [0.4, 0.5) is 5.69 Å². The highest BCUT2D eigenvalue weighted by Gasteiger charge is 2.08. The number of aromatic nitrogens is 2. The first kappa shape index (κ1) is 12.2. The first-order valence-corrected chi connectivity index (χ1v) is 6.65. The molecule has 5 heteroatoms. The summed E-state index contributed by atoms with van der Waals surface area (Å²) < 4.78 is 0. The fourth-order valence-corrected chi connectivity index (χ4v) is 2.15. The van der Waals surface area contributed by atoms with Crippen LogP contribution in [0.2, 0.25) is 5.15 Å². The van der Waals surface area contributed by atoms with Crippen molar-refractivity contribution < 1.29 is 0 Å². The summed E-state index contributed by atoms with van der Waals surface area (Å²) in [6, 6.07) is 7.50. The zero-order valence-electron chi connectivity index (χ0n) is 9.57. The first-order chi connectivity index (χ1) is 8.10. The van der Waals surface area contributed by atoms with E-state index < -0.39 is 0 Å². The number of halogens is 1. The fraction of sp³-hybridized carbons (Fsp3) is 0.167. The molecular formula is C12H12ClN3S. The number of hydrogen-bond acceptors (Lipinski definition) is 4. The molecule has 1 heterocycles. The van der Waals surface area contributed by atoms with Gasteiger partial charge in [0.1, 0.15) is 5.15 Å². The standard InChI is InChI=1S/C12H12ClN3S/c1-7-3-4-8(14)5-9(7)10-6-11(13)16-12(15-10)17-2/h3-6H,14H2,1-2H3. The highest BCUT2D eigenvalue weighted by Crippen LogP contribution is 2.27. The van der Waals surface area contributed by atoms with Gasteiger partial charge in [0.25, 0.3) is 0 Å². The second-order valence-corrected chi connectivity index (χ2v) is 4.80. The van der Waals surface area contributed by atoms with Crippen LogP contribution in [-0.4, -0.2) is 16.2 Å². The molecule has 1 aromatic carbocycles. The van der Waals surface area contributed by atoms with Gasteiger partial charge in [0, 0.05) is 17.3 Å². The van der Waals surface area contributed by atoms with E-state index in [0.29, 0.717) is 16.0 Å². The van der Waals surface area contributed by atoms with E-state index in [2.05, 4.69) is 9.97 Å². The molecule has 0 aliphatic heterocycles. The van der Waals surface area contributed by atoms with E-state index in [4.69, 9.17) is 17.3 Å². The molecule has 0 unspecified atom stereocenters. The summed E-state index contributed by atoms with van der Waals surface area (Å²) in [5.74, 6) is 0. The van der Waals surface area contributed by atoms with Crippen molar-refractivity contribution in [3.05, 3.63) is 35.0 Å². The summed E-state index contributed by atoms with van der Waals surface area (Å²) in [6.07, 6.45) is 1.92. The van der Waals surface area contributed by atoms with Crippen LogP contribution in [0.3, 0.4) is 0 Å². The molecule has 2 N–H and O–H groups in total. The smallest absolute Gasteiger partial charge is 0.189 e. The van der Waals surface area contributed by atoms with Gasteiger partial charge in [-0.2, -0.15) is 0 Å². The molecule has 0 aliphatic carbocycles. The number of aryl methyl sites for hydroxylation is 1. The molecule has 0 radical (unpaired) electrons. The van der Waals surface area contributed by atoms with E-state index in [9.17, 15) is 0 Å². The number of nitrogens with two attached hydrogens (primary N) is 1. The SMILES string of the molecule is CSc1nc(Cl)cc(-c2cc(N)ccc2C)n1. The Balaban J connectivity index is 2.59. The summed E-state index contributed by atoms with van der Waals surface area (Å²) >= 11 is 7.44. The highest BCUT2D eigenvalue weighted by molar-refractivity contribution is 7.98. The molecule has 0 saturated heterocycles. The molecule has 0 spiro atoms. The van der Waals surface area contributed by atoms with Crippen molar-refractivity contribution >= 4 is 29.1 Å². The highest BCUT2D eigenvalue weighted by atomic mass is 35.5. The van der Waals surface area contributed by atoms with Crippen LogP contribution in [0.5, 0.6) is 0 Å². The predicted octanol–water partition coefficient (Wildman–Crippen LogP) is 3.41. The van der Waals surface area contributed by atoms with Gasteiger partial charge in [0.05, 0.1) is 5.69 Å². The molecule has 17 heavy (non-hydrogen) atoms. The van der Waals surface area contributed by atoms with Crippen molar-refractivity contribution in [3.63, 3.8) is 0 Å². The number of rotatable bonds is 2. The summed E-state index contributed by atoms with van der Waals surface area (Å²) in [5.41, 5.74) is 9.41. The Labute approximate surface area is 109 Å². The molecule has 0 bridgehead atoms. The molecule has 0 amide bonds. The van der Waals surface area contributed by atoms with E-state index in [1.54, 1.807) is 6.07 Å². The third kappa shape index (κ3) is 2.70. The van der Waals surface area contributed by atoms with Gasteiger partial charge in [-0.1, -0.05) is 29.4 Å². The van der Waals surface area contributed by atoms with E-state index in [1.807, 2.05) is 31.4 Å². The molecule has 3 nitrogen and oxygen atoms in total. The molecule has 2 aromatic rings. The predicted molar refractivity (Wildman–Crippen MR) is 73.4 cm³/mol. The summed E-state index contributed by atoms with van der Waals surface area (Å²) in [5, 5.41) is 1.11. The Kier molecular flexibility index (Phi) is 3.54. The Morgan fingerprint density at radius 2 is 2.00 bits per heavy atom. The maximum Gasteiger partial charge on any atom is 0.189 e. The fourth-order valence-electron chi connectivity index (χ4n) is 1.54. The van der Waals surface area contributed by atoms with Crippen LogP contribution in [-0.2, 0) is 0 Å². The number of nitrogens with zero attached hydrogens (tertiary/aromatic N) is 2. The van der Waals surface area contributed by atoms with Crippen molar-refractivity contribution in [1.82, 2.24) is 9.97 Å². The lowest BCUT2D eigenvalue weighted by Gasteiger charge is -2.07. The topological polar surface area (TPSA) is 51.8 Å². The maximum atomic E-state index is 5.98. The summed E-state index contributed by atoms with van der Waals surface area (Å²) in [7, 11) is 0. The van der Waals surface area contributed by atoms with Gasteiger partial charge in [-0.15, -0.1) is 0 Å². The molecule has 0 saturated carbocycles. The molecular weight excluding hydrogens is 254 g/mol. The number of anilines is 1. The van der Waals surface area contributed by atoms with Crippen LogP contribution in [0.25, 0.3) is 11.3 Å². The lowest BCUT2D eigenvalue weighted by molar-refractivity contribution is 0.976. The summed E-state index contributed by atoms with van der Waals surface area (Å²) in [6.45, 7) is 2.02. The third-order valence-corrected chi connectivity index (χ3v) is 3.14. The Morgan fingerprint density at radius 1 is 1.24 bits per heavy atom. The zero-order valence-corrected chi connectivity index (χ0v) is 11.1. The Bertz CT molecular complexity index is 557. The Morgan fingerprint density at radius 3 is 2.71 bits per heavy atom. The molecule has 0 atom stereocenters. The average molecular weight is 266 g/mol. The number of thioether (sulfide) groups is 1. The van der Waals surface area contributed by atoms with Gasteiger partial charge in [0.2, 0.25) is 0 Å². The van der Waals surface area contributed by atoms with E-state index in [0.717, 1.165) is 16.8 Å². The largest absolute Gasteiger partial charge is 0.399 e. The van der Waals surface area contributed by atoms with Gasteiger partial charge in [-0.25, -0.2) is 9.97 Å². The van der Waals surface area contributed by atoms with Gasteiger partial charge < -0.3 is 5.73 Å². The van der Waals surface area contributed by atoms with Crippen LogP contribution in [0.1, 0.15) is 5.56 Å². The van der Waals surface area contributed by atoms with Gasteiger partial charge in [-0.05, 0) is 30.9 Å². The number of hydrogen-bond donors (Lipinski definition) is 1. The minimum Gasteiger partial charge on any atom is -0.399 e. The van der Waals surface area contributed by atoms with Crippen molar-refractivity contribution in [3.8, 4) is 11.3 Å². The Hall–Kier alpha value is -1.26. The van der Waals surface area contributed by atoms with Gasteiger partial charge in [-0.3, -0.25) is 0 Å². The van der Waals surface area contributed by atoms with Gasteiger partial charge in [0.15, 0.2) is 5.16 Å². The number of nitrogen functional groups attached to an aromatic ring is 1. The zero-order chi connectivity index (χ0) is 12.4. The lowest BCUT2D eigenvalue weighted by atomic mass is 10.0. The maximum absolute atomic E-state index is 5.98. The molecule has 0 fully saturated rings. The normalized spacial score (nSPS) is 10.5. The van der Waals surface area contributed by atoms with E-state index in [-0.39, 0.29) is 0 Å². The van der Waals surface area contributed by atoms with Crippen LogP contribution < -0.4 is 5.73 Å². The molecule has 0 aliphatic rings. The van der Waals surface area contributed by atoms with E-state index >= 15 is 0 Å². The monoisotopic (exact) mass is 265 g/mol. The minimum absolute atomic E-state index is 0.446. The van der Waals surface area contributed by atoms with Crippen molar-refractivity contribution in [2.45, 2.75) is 12.1 Å². The van der Waals surface area contributed by atoms with Crippen molar-refractivity contribution in [2.75, 3.05) is 12.0 Å².